The molecule has 0 atom stereocenters. The Balaban J connectivity index is 1.59. The highest BCUT2D eigenvalue weighted by Gasteiger charge is 2.15. The van der Waals surface area contributed by atoms with Crippen LogP contribution >= 0.6 is 12.2 Å². The van der Waals surface area contributed by atoms with E-state index in [4.69, 9.17) is 26.4 Å². The second-order valence-corrected chi connectivity index (χ2v) is 5.63. The van der Waals surface area contributed by atoms with Crippen molar-refractivity contribution in [3.05, 3.63) is 48.0 Å². The quantitative estimate of drug-likeness (QED) is 0.819. The van der Waals surface area contributed by atoms with Gasteiger partial charge in [-0.1, -0.05) is 0 Å². The minimum atomic E-state index is -0.319. The summed E-state index contributed by atoms with van der Waals surface area (Å²) in [6.45, 7) is 3.51. The molecule has 0 aromatic heterocycles. The number of carbonyl (C=O) groups excluding carboxylic acids is 1. The zero-order chi connectivity index (χ0) is 17.6. The standard InChI is InChI=1S/C18H18N2O4S/c1-2-22-14-6-4-13(5-7-14)19-18(25)20-17(21)12-3-8-15-16(11-12)24-10-9-23-15/h3-8,11H,2,9-10H2,1H3,(H2,19,20,21,25). The van der Waals surface area contributed by atoms with Crippen LogP contribution in [0.5, 0.6) is 17.2 Å². The van der Waals surface area contributed by atoms with Gasteiger partial charge in [0.15, 0.2) is 16.6 Å². The molecule has 0 aliphatic carbocycles. The highest BCUT2D eigenvalue weighted by atomic mass is 32.1. The van der Waals surface area contributed by atoms with E-state index >= 15 is 0 Å². The smallest absolute Gasteiger partial charge is 0.257 e. The van der Waals surface area contributed by atoms with E-state index in [1.54, 1.807) is 18.2 Å². The van der Waals surface area contributed by atoms with E-state index in [-0.39, 0.29) is 11.0 Å². The van der Waals surface area contributed by atoms with Crippen molar-refractivity contribution < 1.29 is 19.0 Å². The molecule has 0 spiro atoms. The van der Waals surface area contributed by atoms with Gasteiger partial charge in [-0.25, -0.2) is 0 Å². The van der Waals surface area contributed by atoms with Gasteiger partial charge in [0.25, 0.3) is 5.91 Å². The minimum absolute atomic E-state index is 0.212. The summed E-state index contributed by atoms with van der Waals surface area (Å²) in [6, 6.07) is 12.3. The fourth-order valence-corrected chi connectivity index (χ4v) is 2.53. The predicted molar refractivity (Wildman–Crippen MR) is 98.7 cm³/mol. The molecule has 2 aromatic carbocycles. The normalized spacial score (nSPS) is 12.2. The number of hydrogen-bond donors (Lipinski definition) is 2. The Labute approximate surface area is 151 Å². The van der Waals surface area contributed by atoms with E-state index in [0.29, 0.717) is 36.9 Å². The molecular weight excluding hydrogens is 340 g/mol. The third-order valence-electron chi connectivity index (χ3n) is 3.45. The first-order valence-corrected chi connectivity index (χ1v) is 8.31. The highest BCUT2D eigenvalue weighted by molar-refractivity contribution is 7.80. The monoisotopic (exact) mass is 358 g/mol. The molecule has 1 heterocycles. The van der Waals surface area contributed by atoms with Gasteiger partial charge in [-0.05, 0) is 61.6 Å². The average Bonchev–Trinajstić information content (AvgIpc) is 2.63. The molecule has 6 nitrogen and oxygen atoms in total. The van der Waals surface area contributed by atoms with Crippen molar-refractivity contribution in [2.45, 2.75) is 6.92 Å². The van der Waals surface area contributed by atoms with Gasteiger partial charge in [-0.2, -0.15) is 0 Å². The third-order valence-corrected chi connectivity index (χ3v) is 3.66. The van der Waals surface area contributed by atoms with Crippen molar-refractivity contribution in [3.8, 4) is 17.2 Å². The highest BCUT2D eigenvalue weighted by Crippen LogP contribution is 2.30. The number of amides is 1. The van der Waals surface area contributed by atoms with Crippen LogP contribution in [-0.2, 0) is 0 Å². The van der Waals surface area contributed by atoms with E-state index in [2.05, 4.69) is 10.6 Å². The van der Waals surface area contributed by atoms with Gasteiger partial charge >= 0.3 is 0 Å². The molecule has 0 saturated heterocycles. The lowest BCUT2D eigenvalue weighted by molar-refractivity contribution is 0.0976. The third kappa shape index (κ3) is 4.39. The van der Waals surface area contributed by atoms with E-state index in [0.717, 1.165) is 11.4 Å². The van der Waals surface area contributed by atoms with Crippen LogP contribution in [0.3, 0.4) is 0 Å². The lowest BCUT2D eigenvalue weighted by atomic mass is 10.2. The number of rotatable bonds is 4. The summed E-state index contributed by atoms with van der Waals surface area (Å²) in [7, 11) is 0. The van der Waals surface area contributed by atoms with Gasteiger partial charge < -0.3 is 19.5 Å². The molecule has 25 heavy (non-hydrogen) atoms. The van der Waals surface area contributed by atoms with Gasteiger partial charge in [-0.15, -0.1) is 0 Å². The SMILES string of the molecule is CCOc1ccc(NC(=S)NC(=O)c2ccc3c(c2)OCCO3)cc1. The second-order valence-electron chi connectivity index (χ2n) is 5.22. The molecule has 3 rings (SSSR count). The van der Waals surface area contributed by atoms with Gasteiger partial charge in [0.1, 0.15) is 19.0 Å². The lowest BCUT2D eigenvalue weighted by Gasteiger charge is -2.18. The number of hydrogen-bond acceptors (Lipinski definition) is 5. The Morgan fingerprint density at radius 3 is 2.56 bits per heavy atom. The van der Waals surface area contributed by atoms with Crippen molar-refractivity contribution in [3.63, 3.8) is 0 Å². The Morgan fingerprint density at radius 1 is 1.12 bits per heavy atom. The number of ether oxygens (including phenoxy) is 3. The molecule has 2 N–H and O–H groups in total. The molecule has 1 aliphatic heterocycles. The van der Waals surface area contributed by atoms with E-state index in [9.17, 15) is 4.79 Å². The van der Waals surface area contributed by atoms with E-state index in [1.807, 2.05) is 31.2 Å². The topological polar surface area (TPSA) is 68.8 Å². The van der Waals surface area contributed by atoms with Crippen LogP contribution in [0.25, 0.3) is 0 Å². The van der Waals surface area contributed by atoms with Crippen LogP contribution < -0.4 is 24.8 Å². The van der Waals surface area contributed by atoms with Crippen molar-refractivity contribution in [1.29, 1.82) is 0 Å². The number of carbonyl (C=O) groups is 1. The number of fused-ring (bicyclic) bond motifs is 1. The number of benzene rings is 2. The summed E-state index contributed by atoms with van der Waals surface area (Å²) in [5.41, 5.74) is 1.20. The van der Waals surface area contributed by atoms with Crippen LogP contribution in [0.2, 0.25) is 0 Å². The summed E-state index contributed by atoms with van der Waals surface area (Å²) in [5, 5.41) is 5.82. The van der Waals surface area contributed by atoms with E-state index in [1.165, 1.54) is 0 Å². The molecule has 0 radical (unpaired) electrons. The molecule has 0 fully saturated rings. The zero-order valence-corrected chi connectivity index (χ0v) is 14.5. The van der Waals surface area contributed by atoms with E-state index < -0.39 is 0 Å². The lowest BCUT2D eigenvalue weighted by Crippen LogP contribution is -2.34. The Hall–Kier alpha value is -2.80. The molecule has 2 aromatic rings. The fraction of sp³-hybridized carbons (Fsp3) is 0.222. The maximum atomic E-state index is 12.3. The molecule has 0 bridgehead atoms. The maximum Gasteiger partial charge on any atom is 0.257 e. The van der Waals surface area contributed by atoms with Gasteiger partial charge in [0, 0.05) is 11.3 Å². The largest absolute Gasteiger partial charge is 0.494 e. The van der Waals surface area contributed by atoms with Crippen molar-refractivity contribution >= 4 is 28.9 Å². The second kappa shape index (κ2) is 7.85. The summed E-state index contributed by atoms with van der Waals surface area (Å²) in [5.74, 6) is 1.65. The summed E-state index contributed by atoms with van der Waals surface area (Å²) in [4.78, 5) is 12.3. The van der Waals surface area contributed by atoms with Crippen LogP contribution in [0, 0.1) is 0 Å². The van der Waals surface area contributed by atoms with Crippen LogP contribution in [0.4, 0.5) is 5.69 Å². The zero-order valence-electron chi connectivity index (χ0n) is 13.7. The minimum Gasteiger partial charge on any atom is -0.494 e. The van der Waals surface area contributed by atoms with Crippen molar-refractivity contribution in [2.75, 3.05) is 25.1 Å². The van der Waals surface area contributed by atoms with Gasteiger partial charge in [0.2, 0.25) is 0 Å². The molecule has 1 amide bonds. The molecule has 1 aliphatic rings. The average molecular weight is 358 g/mol. The van der Waals surface area contributed by atoms with Crippen LogP contribution in [-0.4, -0.2) is 30.8 Å². The first kappa shape index (κ1) is 17.0. The molecule has 130 valence electrons. The number of nitrogens with one attached hydrogen (secondary N) is 2. The van der Waals surface area contributed by atoms with Gasteiger partial charge in [-0.3, -0.25) is 10.1 Å². The number of thiocarbonyl (C=S) groups is 1. The first-order chi connectivity index (χ1) is 12.2. The van der Waals surface area contributed by atoms with Crippen LogP contribution in [0.15, 0.2) is 42.5 Å². The fourth-order valence-electron chi connectivity index (χ4n) is 2.32. The summed E-state index contributed by atoms with van der Waals surface area (Å²) < 4.78 is 16.3. The predicted octanol–water partition coefficient (Wildman–Crippen LogP) is 2.98. The Morgan fingerprint density at radius 2 is 1.84 bits per heavy atom. The van der Waals surface area contributed by atoms with Gasteiger partial charge in [0.05, 0.1) is 6.61 Å². The molecule has 0 saturated carbocycles. The molecular formula is C18H18N2O4S. The van der Waals surface area contributed by atoms with Crippen molar-refractivity contribution in [2.24, 2.45) is 0 Å². The molecule has 0 unspecified atom stereocenters. The number of anilines is 1. The summed E-state index contributed by atoms with van der Waals surface area (Å²) in [6.07, 6.45) is 0. The first-order valence-electron chi connectivity index (χ1n) is 7.90. The maximum absolute atomic E-state index is 12.3. The molecule has 7 heteroatoms. The van der Waals surface area contributed by atoms with Crippen molar-refractivity contribution in [1.82, 2.24) is 5.32 Å². The Kier molecular flexibility index (Phi) is 5.35. The van der Waals surface area contributed by atoms with Crippen LogP contribution in [0.1, 0.15) is 17.3 Å². The summed E-state index contributed by atoms with van der Waals surface area (Å²) >= 11 is 5.19. The Bertz CT molecular complexity index is 777.